The van der Waals surface area contributed by atoms with E-state index in [1.165, 1.54) is 0 Å². The quantitative estimate of drug-likeness (QED) is 0.653. The Morgan fingerprint density at radius 2 is 1.25 bits per heavy atom. The minimum atomic E-state index is -0.229. The van der Waals surface area contributed by atoms with Crippen LogP contribution in [0.5, 0.6) is 0 Å². The van der Waals surface area contributed by atoms with E-state index in [4.69, 9.17) is 14.2 Å². The second-order valence-corrected chi connectivity index (χ2v) is 5.47. The third kappa shape index (κ3) is 15.7. The topological polar surface area (TPSA) is 68.3 Å². The summed E-state index contributed by atoms with van der Waals surface area (Å²) in [6.45, 7) is 23.8. The highest BCUT2D eigenvalue weighted by molar-refractivity contribution is 5.73. The zero-order valence-electron chi connectivity index (χ0n) is 20.0. The third-order valence-electron chi connectivity index (χ3n) is 3.45. The van der Waals surface area contributed by atoms with Crippen molar-refractivity contribution in [2.75, 3.05) is 46.0 Å². The van der Waals surface area contributed by atoms with E-state index in [1.807, 2.05) is 67.2 Å². The van der Waals surface area contributed by atoms with Crippen molar-refractivity contribution in [3.63, 3.8) is 0 Å². The summed E-state index contributed by atoms with van der Waals surface area (Å²) >= 11 is 0. The highest BCUT2D eigenvalue weighted by Crippen LogP contribution is 2.05. The van der Waals surface area contributed by atoms with Crippen molar-refractivity contribution < 1.29 is 23.8 Å². The van der Waals surface area contributed by atoms with Gasteiger partial charge in [0.1, 0.15) is 0 Å². The van der Waals surface area contributed by atoms with Gasteiger partial charge in [-0.3, -0.25) is 4.79 Å². The molecule has 0 aliphatic carbocycles. The van der Waals surface area contributed by atoms with Gasteiger partial charge in [-0.1, -0.05) is 41.5 Å². The molecule has 2 aliphatic rings. The van der Waals surface area contributed by atoms with Crippen LogP contribution in [0.2, 0.25) is 0 Å². The van der Waals surface area contributed by atoms with E-state index in [0.29, 0.717) is 32.9 Å². The summed E-state index contributed by atoms with van der Waals surface area (Å²) in [4.78, 5) is 25.5. The molecule has 2 aliphatic heterocycles. The highest BCUT2D eigenvalue weighted by atomic mass is 16.6. The van der Waals surface area contributed by atoms with E-state index >= 15 is 0 Å². The van der Waals surface area contributed by atoms with Crippen molar-refractivity contribution in [1.29, 1.82) is 0 Å². The molecule has 28 heavy (non-hydrogen) atoms. The second-order valence-electron chi connectivity index (χ2n) is 5.47. The Labute approximate surface area is 173 Å². The van der Waals surface area contributed by atoms with Gasteiger partial charge < -0.3 is 24.0 Å². The van der Waals surface area contributed by atoms with Crippen LogP contribution in [-0.4, -0.2) is 80.0 Å². The Bertz CT molecular complexity index is 367. The lowest BCUT2D eigenvalue weighted by molar-refractivity contribution is -0.135. The number of amides is 2. The summed E-state index contributed by atoms with van der Waals surface area (Å²) in [6, 6.07) is 0. The van der Waals surface area contributed by atoms with E-state index in [9.17, 15) is 9.59 Å². The predicted molar refractivity (Wildman–Crippen MR) is 116 cm³/mol. The van der Waals surface area contributed by atoms with Gasteiger partial charge in [-0.05, 0) is 20.8 Å². The first-order valence-electron chi connectivity index (χ1n) is 10.8. The van der Waals surface area contributed by atoms with E-state index in [2.05, 4.69) is 0 Å². The van der Waals surface area contributed by atoms with Crippen LogP contribution in [0.1, 0.15) is 69.2 Å². The second kappa shape index (κ2) is 22.0. The summed E-state index contributed by atoms with van der Waals surface area (Å²) in [6.07, 6.45) is 0.105. The maximum Gasteiger partial charge on any atom is 0.409 e. The molecule has 2 rings (SSSR count). The first-order valence-corrected chi connectivity index (χ1v) is 10.8. The van der Waals surface area contributed by atoms with Crippen molar-refractivity contribution >= 4 is 12.0 Å². The standard InChI is InChI=1S/C8H15NO3.C7H13NO2.3C2H6/c1-3-11-8(10)9-4-5-12-7(2)6-9;1-6-5-8(7(2)9)3-4-10-6;3*1-2/h7H,3-6H2,1-2H3;6H,3-5H2,1-2H3;3*1-2H3. The van der Waals surface area contributed by atoms with Crippen LogP contribution < -0.4 is 0 Å². The number of carbonyl (C=O) groups is 2. The average Bonchev–Trinajstić information content (AvgIpc) is 2.73. The molecule has 2 amide bonds. The van der Waals surface area contributed by atoms with Crippen molar-refractivity contribution in [3.8, 4) is 0 Å². The van der Waals surface area contributed by atoms with E-state index in [1.54, 1.807) is 11.8 Å². The molecule has 2 unspecified atom stereocenters. The Kier molecular flexibility index (Phi) is 24.6. The third-order valence-corrected chi connectivity index (χ3v) is 3.45. The zero-order valence-corrected chi connectivity index (χ0v) is 20.0. The molecule has 0 N–H and O–H groups in total. The Hall–Kier alpha value is -1.34. The van der Waals surface area contributed by atoms with Gasteiger partial charge in [0.15, 0.2) is 0 Å². The first kappa shape index (κ1) is 31.4. The summed E-state index contributed by atoms with van der Waals surface area (Å²) in [5, 5.41) is 0. The summed E-state index contributed by atoms with van der Waals surface area (Å²) in [5.74, 6) is 0.148. The normalized spacial score (nSPS) is 20.4. The fraction of sp³-hybridized carbons (Fsp3) is 0.905. The molecular weight excluding hydrogens is 360 g/mol. The van der Waals surface area contributed by atoms with E-state index in [-0.39, 0.29) is 24.2 Å². The fourth-order valence-corrected chi connectivity index (χ4v) is 2.30. The van der Waals surface area contributed by atoms with Gasteiger partial charge >= 0.3 is 6.09 Å². The molecule has 0 spiro atoms. The van der Waals surface area contributed by atoms with E-state index < -0.39 is 0 Å². The van der Waals surface area contributed by atoms with Crippen LogP contribution in [-0.2, 0) is 19.0 Å². The Morgan fingerprint density at radius 3 is 1.57 bits per heavy atom. The molecule has 7 heteroatoms. The smallest absolute Gasteiger partial charge is 0.409 e. The Balaban J connectivity index is -0.000000355. The molecule has 0 radical (unpaired) electrons. The number of nitrogens with zero attached hydrogens (tertiary/aromatic N) is 2. The molecule has 2 atom stereocenters. The van der Waals surface area contributed by atoms with Crippen LogP contribution in [0.15, 0.2) is 0 Å². The first-order chi connectivity index (χ1) is 13.4. The molecule has 0 bridgehead atoms. The number of rotatable bonds is 1. The van der Waals surface area contributed by atoms with Crippen LogP contribution in [0.3, 0.4) is 0 Å². The van der Waals surface area contributed by atoms with Crippen molar-refractivity contribution in [3.05, 3.63) is 0 Å². The molecule has 7 nitrogen and oxygen atoms in total. The predicted octanol–water partition coefficient (Wildman–Crippen LogP) is 4.20. The Morgan fingerprint density at radius 1 is 0.857 bits per heavy atom. The van der Waals surface area contributed by atoms with Gasteiger partial charge in [0, 0.05) is 26.6 Å². The lowest BCUT2D eigenvalue weighted by atomic mass is 10.3. The van der Waals surface area contributed by atoms with Gasteiger partial charge in [-0.2, -0.15) is 0 Å². The minimum absolute atomic E-state index is 0.128. The molecule has 170 valence electrons. The summed E-state index contributed by atoms with van der Waals surface area (Å²) < 4.78 is 15.4. The molecule has 2 saturated heterocycles. The molecular formula is C21H46N2O5. The number of morpholine rings is 2. The van der Waals surface area contributed by atoms with Gasteiger partial charge in [0.05, 0.1) is 38.6 Å². The zero-order chi connectivity index (χ0) is 22.5. The largest absolute Gasteiger partial charge is 0.450 e. The maximum atomic E-state index is 11.2. The molecule has 0 aromatic carbocycles. The average molecular weight is 407 g/mol. The number of hydrogen-bond acceptors (Lipinski definition) is 5. The SMILES string of the molecule is CC.CC.CC.CC(=O)N1CCOC(C)C1.CCOC(=O)N1CCOC(C)C1. The van der Waals surface area contributed by atoms with Gasteiger partial charge in [0.25, 0.3) is 0 Å². The van der Waals surface area contributed by atoms with Crippen LogP contribution in [0.25, 0.3) is 0 Å². The molecule has 0 aromatic rings. The lowest BCUT2D eigenvalue weighted by Gasteiger charge is -2.30. The van der Waals surface area contributed by atoms with Gasteiger partial charge in [0.2, 0.25) is 5.91 Å². The molecule has 0 aromatic heterocycles. The fourth-order valence-electron chi connectivity index (χ4n) is 2.30. The number of ether oxygens (including phenoxy) is 3. The summed E-state index contributed by atoms with van der Waals surface area (Å²) in [5.41, 5.74) is 0. The lowest BCUT2D eigenvalue weighted by Crippen LogP contribution is -2.44. The maximum absolute atomic E-state index is 11.2. The molecule has 2 heterocycles. The van der Waals surface area contributed by atoms with Crippen LogP contribution >= 0.6 is 0 Å². The molecule has 0 saturated carbocycles. The van der Waals surface area contributed by atoms with Crippen LogP contribution in [0.4, 0.5) is 4.79 Å². The van der Waals surface area contributed by atoms with E-state index in [0.717, 1.165) is 13.1 Å². The number of hydrogen-bond donors (Lipinski definition) is 0. The monoisotopic (exact) mass is 406 g/mol. The minimum Gasteiger partial charge on any atom is -0.450 e. The highest BCUT2D eigenvalue weighted by Gasteiger charge is 2.21. The van der Waals surface area contributed by atoms with Crippen LogP contribution in [0, 0.1) is 0 Å². The van der Waals surface area contributed by atoms with Crippen molar-refractivity contribution in [1.82, 2.24) is 9.80 Å². The van der Waals surface area contributed by atoms with Crippen molar-refractivity contribution in [2.45, 2.75) is 81.4 Å². The summed E-state index contributed by atoms with van der Waals surface area (Å²) in [7, 11) is 0. The van der Waals surface area contributed by atoms with Gasteiger partial charge in [-0.25, -0.2) is 4.79 Å². The van der Waals surface area contributed by atoms with Crippen molar-refractivity contribution in [2.24, 2.45) is 0 Å². The number of carbonyl (C=O) groups excluding carboxylic acids is 2. The van der Waals surface area contributed by atoms with Gasteiger partial charge in [-0.15, -0.1) is 0 Å². The molecule has 2 fully saturated rings.